The summed E-state index contributed by atoms with van der Waals surface area (Å²) in [6.45, 7) is 3.48. The van der Waals surface area contributed by atoms with Gasteiger partial charge in [0.15, 0.2) is 0 Å². The second kappa shape index (κ2) is 5.05. The van der Waals surface area contributed by atoms with E-state index in [1.54, 1.807) is 19.9 Å². The molecule has 1 aliphatic heterocycles. The molecule has 0 saturated carbocycles. The summed E-state index contributed by atoms with van der Waals surface area (Å²) in [4.78, 5) is 11.0. The number of fused-ring (bicyclic) bond motifs is 1. The van der Waals surface area contributed by atoms with Crippen LogP contribution in [0.2, 0.25) is 0 Å². The third kappa shape index (κ3) is 3.15. The number of esters is 1. The molecule has 1 aliphatic rings. The number of aliphatic hydroxyl groups is 1. The van der Waals surface area contributed by atoms with Crippen molar-refractivity contribution in [2.24, 2.45) is 0 Å². The molecule has 0 spiro atoms. The first kappa shape index (κ1) is 13.6. The van der Waals surface area contributed by atoms with Crippen molar-refractivity contribution in [1.29, 1.82) is 0 Å². The van der Waals surface area contributed by atoms with Crippen LogP contribution in [0.15, 0.2) is 24.3 Å². The molecule has 1 aromatic carbocycles. The van der Waals surface area contributed by atoms with E-state index in [1.807, 2.05) is 18.2 Å². The fraction of sp³-hybridized carbons (Fsp3) is 0.400. The third-order valence-corrected chi connectivity index (χ3v) is 3.16. The number of hydrogen-bond donors (Lipinski definition) is 1. The van der Waals surface area contributed by atoms with Crippen LogP contribution in [0.3, 0.4) is 0 Å². The van der Waals surface area contributed by atoms with E-state index in [4.69, 9.17) is 4.74 Å². The van der Waals surface area contributed by atoms with Crippen LogP contribution < -0.4 is 4.74 Å². The highest BCUT2D eigenvalue weighted by atomic mass is 16.5. The zero-order valence-corrected chi connectivity index (χ0v) is 11.3. The fourth-order valence-electron chi connectivity index (χ4n) is 2.00. The Kier molecular flexibility index (Phi) is 3.62. The minimum absolute atomic E-state index is 0.234. The Hall–Kier alpha value is -1.81. The van der Waals surface area contributed by atoms with Crippen LogP contribution in [-0.4, -0.2) is 29.9 Å². The van der Waals surface area contributed by atoms with Crippen LogP contribution in [0, 0.1) is 0 Å². The van der Waals surface area contributed by atoms with Crippen molar-refractivity contribution in [3.05, 3.63) is 35.4 Å². The van der Waals surface area contributed by atoms with Crippen LogP contribution >= 0.6 is 0 Å². The average molecular weight is 262 g/mol. The first-order chi connectivity index (χ1) is 8.90. The molecule has 1 aromatic rings. The lowest BCUT2D eigenvalue weighted by molar-refractivity contribution is -0.134. The second-order valence-corrected chi connectivity index (χ2v) is 5.19. The molecule has 0 unspecified atom stereocenters. The van der Waals surface area contributed by atoms with Crippen molar-refractivity contribution in [3.63, 3.8) is 0 Å². The first-order valence-corrected chi connectivity index (χ1v) is 6.18. The number of rotatable bonds is 3. The number of methoxy groups -OCH3 is 1. The molecule has 102 valence electrons. The molecule has 1 N–H and O–H groups in total. The summed E-state index contributed by atoms with van der Waals surface area (Å²) in [5.74, 6) is 0.411. The van der Waals surface area contributed by atoms with Crippen molar-refractivity contribution in [3.8, 4) is 5.75 Å². The molecule has 1 atom stereocenters. The second-order valence-electron chi connectivity index (χ2n) is 5.19. The minimum atomic E-state index is -0.874. The fourth-order valence-corrected chi connectivity index (χ4v) is 2.00. The Morgan fingerprint density at radius 3 is 2.89 bits per heavy atom. The molecule has 0 radical (unpaired) electrons. The van der Waals surface area contributed by atoms with Gasteiger partial charge in [-0.1, -0.05) is 6.07 Å². The van der Waals surface area contributed by atoms with E-state index in [-0.39, 0.29) is 12.1 Å². The van der Waals surface area contributed by atoms with Crippen molar-refractivity contribution >= 4 is 12.0 Å². The lowest BCUT2D eigenvalue weighted by Crippen LogP contribution is -2.39. The maximum Gasteiger partial charge on any atom is 0.330 e. The van der Waals surface area contributed by atoms with E-state index < -0.39 is 5.60 Å². The molecule has 4 nitrogen and oxygen atoms in total. The number of benzene rings is 1. The maximum absolute atomic E-state index is 11.0. The summed E-state index contributed by atoms with van der Waals surface area (Å²) in [5, 5.41) is 9.97. The van der Waals surface area contributed by atoms with Gasteiger partial charge in [0, 0.05) is 12.5 Å². The molecule has 2 rings (SSSR count). The summed E-state index contributed by atoms with van der Waals surface area (Å²) in [6, 6.07) is 5.68. The predicted octanol–water partition coefficient (Wildman–Crippen LogP) is 1.95. The van der Waals surface area contributed by atoms with E-state index in [2.05, 4.69) is 4.74 Å². The normalized spacial score (nSPS) is 18.2. The maximum atomic E-state index is 11.0. The van der Waals surface area contributed by atoms with E-state index in [9.17, 15) is 9.90 Å². The topological polar surface area (TPSA) is 55.8 Å². The smallest absolute Gasteiger partial charge is 0.330 e. The molecule has 1 heterocycles. The van der Waals surface area contributed by atoms with Gasteiger partial charge in [0.05, 0.1) is 12.7 Å². The Bertz CT molecular complexity index is 511. The molecular formula is C15H18O4. The highest BCUT2D eigenvalue weighted by Gasteiger charge is 2.34. The molecule has 0 aliphatic carbocycles. The Morgan fingerprint density at radius 2 is 2.26 bits per heavy atom. The van der Waals surface area contributed by atoms with E-state index in [1.165, 1.54) is 13.2 Å². The van der Waals surface area contributed by atoms with Gasteiger partial charge < -0.3 is 14.6 Å². The molecule has 0 bridgehead atoms. The highest BCUT2D eigenvalue weighted by Crippen LogP contribution is 2.33. The zero-order valence-electron chi connectivity index (χ0n) is 11.3. The molecule has 0 aromatic heterocycles. The van der Waals surface area contributed by atoms with Gasteiger partial charge in [-0.25, -0.2) is 4.79 Å². The SMILES string of the molecule is COC(=O)C=Cc1ccc2c(c1)C[C@@H](C(C)(C)O)O2. The molecule has 19 heavy (non-hydrogen) atoms. The highest BCUT2D eigenvalue weighted by molar-refractivity contribution is 5.87. The van der Waals surface area contributed by atoms with Crippen LogP contribution in [0.25, 0.3) is 6.08 Å². The summed E-state index contributed by atoms with van der Waals surface area (Å²) in [7, 11) is 1.34. The quantitative estimate of drug-likeness (QED) is 0.668. The first-order valence-electron chi connectivity index (χ1n) is 6.18. The van der Waals surface area contributed by atoms with Gasteiger partial charge in [0.1, 0.15) is 11.9 Å². The van der Waals surface area contributed by atoms with Gasteiger partial charge in [-0.15, -0.1) is 0 Å². The monoisotopic (exact) mass is 262 g/mol. The van der Waals surface area contributed by atoms with E-state index in [0.29, 0.717) is 6.42 Å². The largest absolute Gasteiger partial charge is 0.487 e. The number of hydrogen-bond acceptors (Lipinski definition) is 4. The lowest BCUT2D eigenvalue weighted by atomic mass is 9.96. The van der Waals surface area contributed by atoms with Crippen LogP contribution in [0.1, 0.15) is 25.0 Å². The van der Waals surface area contributed by atoms with Gasteiger partial charge >= 0.3 is 5.97 Å². The Labute approximate surface area is 112 Å². The van der Waals surface area contributed by atoms with Crippen LogP contribution in [0.5, 0.6) is 5.75 Å². The van der Waals surface area contributed by atoms with Gasteiger partial charge in [-0.05, 0) is 43.2 Å². The van der Waals surface area contributed by atoms with Crippen molar-refractivity contribution in [2.75, 3.05) is 7.11 Å². The summed E-state index contributed by atoms with van der Waals surface area (Å²) >= 11 is 0. The van der Waals surface area contributed by atoms with E-state index >= 15 is 0 Å². The molecule has 0 fully saturated rings. The Balaban J connectivity index is 2.15. The van der Waals surface area contributed by atoms with Crippen molar-refractivity contribution in [2.45, 2.75) is 32.0 Å². The lowest BCUT2D eigenvalue weighted by Gasteiger charge is -2.24. The number of ether oxygens (including phenoxy) is 2. The van der Waals surface area contributed by atoms with Crippen LogP contribution in [0.4, 0.5) is 0 Å². The Morgan fingerprint density at radius 1 is 1.53 bits per heavy atom. The number of carbonyl (C=O) groups is 1. The van der Waals surface area contributed by atoms with Gasteiger partial charge in [0.2, 0.25) is 0 Å². The molecule has 0 saturated heterocycles. The van der Waals surface area contributed by atoms with Crippen LogP contribution in [-0.2, 0) is 16.0 Å². The van der Waals surface area contributed by atoms with Crippen molar-refractivity contribution in [1.82, 2.24) is 0 Å². The van der Waals surface area contributed by atoms with Gasteiger partial charge in [0.25, 0.3) is 0 Å². The third-order valence-electron chi connectivity index (χ3n) is 3.16. The number of carbonyl (C=O) groups excluding carboxylic acids is 1. The summed E-state index contributed by atoms with van der Waals surface area (Å²) in [5.41, 5.74) is 1.07. The van der Waals surface area contributed by atoms with E-state index in [0.717, 1.165) is 16.9 Å². The zero-order chi connectivity index (χ0) is 14.0. The summed E-state index contributed by atoms with van der Waals surface area (Å²) in [6.07, 6.45) is 3.51. The van der Waals surface area contributed by atoms with Crippen molar-refractivity contribution < 1.29 is 19.4 Å². The standard InChI is InChI=1S/C15H18O4/c1-15(2,17)13-9-11-8-10(4-6-12(11)19-13)5-7-14(16)18-3/h4-8,13,17H,9H2,1-3H3/t13-/m0/s1. The van der Waals surface area contributed by atoms with Gasteiger partial charge in [-0.2, -0.15) is 0 Å². The minimum Gasteiger partial charge on any atom is -0.487 e. The average Bonchev–Trinajstić information content (AvgIpc) is 2.78. The summed E-state index contributed by atoms with van der Waals surface area (Å²) < 4.78 is 10.3. The molecule has 4 heteroatoms. The molecule has 0 amide bonds. The molecular weight excluding hydrogens is 244 g/mol. The van der Waals surface area contributed by atoms with Gasteiger partial charge in [-0.3, -0.25) is 0 Å². The predicted molar refractivity (Wildman–Crippen MR) is 71.9 cm³/mol.